The van der Waals surface area contributed by atoms with Gasteiger partial charge in [0.1, 0.15) is 18.2 Å². The molecule has 230 valence electrons. The maximum absolute atomic E-state index is 15.5. The highest BCUT2D eigenvalue weighted by atomic mass is 35.5. The number of imidazole rings is 1. The molecule has 0 bridgehead atoms. The van der Waals surface area contributed by atoms with Gasteiger partial charge in [0.15, 0.2) is 5.16 Å². The molecule has 2 heterocycles. The van der Waals surface area contributed by atoms with E-state index in [0.29, 0.717) is 34.1 Å². The van der Waals surface area contributed by atoms with E-state index >= 15 is 4.39 Å². The van der Waals surface area contributed by atoms with Gasteiger partial charge >= 0.3 is 18.1 Å². The van der Waals surface area contributed by atoms with Crippen LogP contribution in [0.2, 0.25) is 5.02 Å². The summed E-state index contributed by atoms with van der Waals surface area (Å²) in [5.41, 5.74) is -3.55. The molecular weight excluding hydrogens is 621 g/mol. The molecule has 0 aliphatic carbocycles. The van der Waals surface area contributed by atoms with Crippen molar-refractivity contribution in [1.29, 1.82) is 0 Å². The Morgan fingerprint density at radius 2 is 1.79 bits per heavy atom. The summed E-state index contributed by atoms with van der Waals surface area (Å²) in [5.74, 6) is -5.64. The van der Waals surface area contributed by atoms with Crippen molar-refractivity contribution >= 4 is 46.3 Å². The lowest BCUT2D eigenvalue weighted by atomic mass is 9.78. The predicted octanol–water partition coefficient (Wildman–Crippen LogP) is 6.46. The van der Waals surface area contributed by atoms with Crippen molar-refractivity contribution in [3.05, 3.63) is 74.8 Å². The molecule has 1 atom stereocenters. The van der Waals surface area contributed by atoms with Crippen molar-refractivity contribution in [2.75, 3.05) is 26.6 Å². The predicted molar refractivity (Wildman–Crippen MR) is 149 cm³/mol. The number of methoxy groups -OCH3 is 2. The van der Waals surface area contributed by atoms with Gasteiger partial charge < -0.3 is 24.5 Å². The van der Waals surface area contributed by atoms with E-state index in [-0.39, 0.29) is 11.4 Å². The number of carbonyl (C=O) groups excluding carboxylic acids is 2. The molecule has 4 rings (SSSR count). The standard InChI is InChI=1S/C28H25ClF5N3O5S/c1-12(2)42-26(39)22-19(11-43-27-36-16-8-5-13(40-3)9-17(16)37-27)35-18(10-30)21(25(38)41-4)23(22)20-15(31)7-6-14(29)24(20)28(32,33)34/h5-9,12,23,35H,10-11H2,1-4H3,(H,36,37). The van der Waals surface area contributed by atoms with Crippen LogP contribution in [0.4, 0.5) is 22.0 Å². The Morgan fingerprint density at radius 1 is 1.09 bits per heavy atom. The third-order valence-electron chi connectivity index (χ3n) is 6.37. The lowest BCUT2D eigenvalue weighted by Crippen LogP contribution is -2.37. The quantitative estimate of drug-likeness (QED) is 0.155. The number of nitrogens with zero attached hydrogens (tertiary/aromatic N) is 1. The molecule has 1 aromatic heterocycles. The van der Waals surface area contributed by atoms with E-state index in [9.17, 15) is 27.2 Å². The molecule has 0 radical (unpaired) electrons. The molecule has 0 fully saturated rings. The monoisotopic (exact) mass is 645 g/mol. The zero-order chi connectivity index (χ0) is 31.6. The van der Waals surface area contributed by atoms with Crippen molar-refractivity contribution in [1.82, 2.24) is 15.3 Å². The first-order chi connectivity index (χ1) is 20.3. The first kappa shape index (κ1) is 32.1. The lowest BCUT2D eigenvalue weighted by molar-refractivity contribution is -0.144. The van der Waals surface area contributed by atoms with Crippen molar-refractivity contribution in [2.24, 2.45) is 0 Å². The molecule has 15 heteroatoms. The highest BCUT2D eigenvalue weighted by Crippen LogP contribution is 2.48. The van der Waals surface area contributed by atoms with Gasteiger partial charge in [-0.1, -0.05) is 23.4 Å². The minimum Gasteiger partial charge on any atom is -0.497 e. The van der Waals surface area contributed by atoms with E-state index in [4.69, 9.17) is 25.8 Å². The highest BCUT2D eigenvalue weighted by molar-refractivity contribution is 7.99. The maximum Gasteiger partial charge on any atom is 0.418 e. The fourth-order valence-corrected chi connectivity index (χ4v) is 5.75. The minimum absolute atomic E-state index is 0.133. The summed E-state index contributed by atoms with van der Waals surface area (Å²) in [7, 11) is 2.41. The van der Waals surface area contributed by atoms with E-state index in [2.05, 4.69) is 15.3 Å². The number of alkyl halides is 4. The summed E-state index contributed by atoms with van der Waals surface area (Å²) in [6.07, 6.45) is -5.99. The van der Waals surface area contributed by atoms with Crippen LogP contribution in [-0.4, -0.2) is 54.7 Å². The first-order valence-electron chi connectivity index (χ1n) is 12.6. The molecule has 0 spiro atoms. The third kappa shape index (κ3) is 6.59. The molecule has 1 aliphatic heterocycles. The van der Waals surface area contributed by atoms with Crippen molar-refractivity contribution < 1.29 is 45.8 Å². The molecular formula is C28H25ClF5N3O5S. The maximum atomic E-state index is 15.5. The fourth-order valence-electron chi connectivity index (χ4n) is 4.63. The lowest BCUT2D eigenvalue weighted by Gasteiger charge is -2.33. The Kier molecular flexibility index (Phi) is 9.60. The van der Waals surface area contributed by atoms with Gasteiger partial charge in [-0.15, -0.1) is 0 Å². The van der Waals surface area contributed by atoms with E-state index in [1.165, 1.54) is 21.0 Å². The Labute approximate surface area is 251 Å². The fraction of sp³-hybridized carbons (Fsp3) is 0.321. The minimum atomic E-state index is -5.23. The second kappa shape index (κ2) is 12.8. The van der Waals surface area contributed by atoms with Crippen molar-refractivity contribution in [2.45, 2.75) is 37.2 Å². The van der Waals surface area contributed by atoms with Crippen LogP contribution in [-0.2, 0) is 25.2 Å². The number of ether oxygens (including phenoxy) is 3. The zero-order valence-electron chi connectivity index (χ0n) is 23.1. The van der Waals surface area contributed by atoms with E-state index in [1.54, 1.807) is 18.2 Å². The van der Waals surface area contributed by atoms with Crippen LogP contribution in [0, 0.1) is 5.82 Å². The Balaban J connectivity index is 1.95. The number of H-pyrrole nitrogens is 1. The summed E-state index contributed by atoms with van der Waals surface area (Å²) in [6.45, 7) is 1.59. The number of fused-ring (bicyclic) bond motifs is 1. The van der Waals surface area contributed by atoms with Gasteiger partial charge in [0.25, 0.3) is 0 Å². The average molecular weight is 646 g/mol. The third-order valence-corrected chi connectivity index (χ3v) is 7.58. The number of allylic oxidation sites excluding steroid dienone is 1. The number of dihydropyridines is 1. The SMILES string of the molecule is COC(=O)C1=C(CF)NC(CSc2nc3ccc(OC)cc3[nH]2)=C(C(=O)OC(C)C)C1c1c(F)ccc(Cl)c1C(F)(F)F. The second-order valence-electron chi connectivity index (χ2n) is 9.45. The smallest absolute Gasteiger partial charge is 0.418 e. The number of nitrogens with one attached hydrogen (secondary N) is 2. The normalized spacial score (nSPS) is 15.7. The van der Waals surface area contributed by atoms with Gasteiger partial charge in [-0.3, -0.25) is 0 Å². The zero-order valence-corrected chi connectivity index (χ0v) is 24.7. The van der Waals surface area contributed by atoms with Crippen LogP contribution < -0.4 is 10.1 Å². The number of aromatic amines is 1. The van der Waals surface area contributed by atoms with Gasteiger partial charge in [0.05, 0.1) is 64.7 Å². The van der Waals surface area contributed by atoms with Crippen LogP contribution in [0.5, 0.6) is 5.75 Å². The molecule has 1 aliphatic rings. The van der Waals surface area contributed by atoms with Crippen LogP contribution >= 0.6 is 23.4 Å². The summed E-state index contributed by atoms with van der Waals surface area (Å²) >= 11 is 6.93. The van der Waals surface area contributed by atoms with E-state index in [0.717, 1.165) is 18.9 Å². The van der Waals surface area contributed by atoms with Gasteiger partial charge in [0, 0.05) is 23.1 Å². The van der Waals surface area contributed by atoms with Gasteiger partial charge in [0.2, 0.25) is 0 Å². The van der Waals surface area contributed by atoms with E-state index < -0.39 is 75.6 Å². The number of thioether (sulfide) groups is 1. The molecule has 43 heavy (non-hydrogen) atoms. The largest absolute Gasteiger partial charge is 0.497 e. The first-order valence-corrected chi connectivity index (χ1v) is 14.0. The van der Waals surface area contributed by atoms with Crippen LogP contribution in [0.1, 0.15) is 30.9 Å². The molecule has 8 nitrogen and oxygen atoms in total. The number of hydrogen-bond donors (Lipinski definition) is 2. The number of aromatic nitrogens is 2. The molecule has 3 aromatic rings. The second-order valence-corrected chi connectivity index (χ2v) is 10.8. The van der Waals surface area contributed by atoms with Gasteiger partial charge in [-0.2, -0.15) is 13.2 Å². The number of carbonyl (C=O) groups is 2. The molecule has 0 saturated heterocycles. The highest BCUT2D eigenvalue weighted by Gasteiger charge is 2.47. The Hall–Kier alpha value is -3.78. The number of esters is 2. The van der Waals surface area contributed by atoms with Crippen LogP contribution in [0.25, 0.3) is 11.0 Å². The number of rotatable bonds is 9. The molecule has 2 N–H and O–H groups in total. The van der Waals surface area contributed by atoms with Crippen molar-refractivity contribution in [3.8, 4) is 5.75 Å². The molecule has 0 amide bonds. The average Bonchev–Trinajstić information content (AvgIpc) is 3.36. The van der Waals surface area contributed by atoms with Gasteiger partial charge in [-0.05, 0) is 38.1 Å². The summed E-state index contributed by atoms with van der Waals surface area (Å²) < 4.78 is 88.4. The number of benzene rings is 2. The van der Waals surface area contributed by atoms with E-state index in [1.807, 2.05) is 0 Å². The molecule has 0 saturated carbocycles. The van der Waals surface area contributed by atoms with Crippen LogP contribution in [0.15, 0.2) is 58.0 Å². The summed E-state index contributed by atoms with van der Waals surface area (Å²) in [6, 6.07) is 6.45. The summed E-state index contributed by atoms with van der Waals surface area (Å²) in [4.78, 5) is 34.0. The van der Waals surface area contributed by atoms with Crippen LogP contribution in [0.3, 0.4) is 0 Å². The summed E-state index contributed by atoms with van der Waals surface area (Å²) in [5, 5.41) is 2.09. The number of hydrogen-bond acceptors (Lipinski definition) is 8. The molecule has 1 unspecified atom stereocenters. The van der Waals surface area contributed by atoms with Crippen molar-refractivity contribution in [3.63, 3.8) is 0 Å². The number of halogens is 6. The Bertz CT molecular complexity index is 1640. The molecule has 2 aromatic carbocycles. The Morgan fingerprint density at radius 3 is 2.40 bits per heavy atom. The van der Waals surface area contributed by atoms with Gasteiger partial charge in [-0.25, -0.2) is 23.4 Å². The topological polar surface area (TPSA) is 103 Å².